The standard InChI is InChI=1S/C19H17FN2O4/c20-14-6-2-4-8-16(14)25-11-12-26-18(23)10-9-17-21-15-7-3-1-5-13(15)19(24)22-17/h1-8H,9-12H2,(H,21,22,24). The summed E-state index contributed by atoms with van der Waals surface area (Å²) in [6, 6.07) is 13.0. The first kappa shape index (κ1) is 17.6. The largest absolute Gasteiger partial charge is 0.487 e. The summed E-state index contributed by atoms with van der Waals surface area (Å²) < 4.78 is 23.6. The van der Waals surface area contributed by atoms with Crippen LogP contribution in [-0.2, 0) is 16.0 Å². The molecule has 3 aromatic rings. The normalized spacial score (nSPS) is 10.7. The van der Waals surface area contributed by atoms with Crippen LogP contribution in [0.1, 0.15) is 12.2 Å². The minimum atomic E-state index is -0.467. The predicted octanol–water partition coefficient (Wildman–Crippen LogP) is 2.62. The Hall–Kier alpha value is -3.22. The molecule has 1 N–H and O–H groups in total. The maximum absolute atomic E-state index is 13.4. The monoisotopic (exact) mass is 356 g/mol. The van der Waals surface area contributed by atoms with Crippen molar-refractivity contribution >= 4 is 16.9 Å². The number of hydrogen-bond acceptors (Lipinski definition) is 5. The van der Waals surface area contributed by atoms with Crippen molar-refractivity contribution in [1.82, 2.24) is 9.97 Å². The molecule has 0 saturated heterocycles. The number of carbonyl (C=O) groups excluding carboxylic acids is 1. The number of esters is 1. The summed E-state index contributed by atoms with van der Waals surface area (Å²) >= 11 is 0. The van der Waals surface area contributed by atoms with Crippen LogP contribution in [0.25, 0.3) is 10.9 Å². The number of para-hydroxylation sites is 2. The minimum absolute atomic E-state index is 0.00877. The molecule has 1 heterocycles. The predicted molar refractivity (Wildman–Crippen MR) is 93.5 cm³/mol. The number of H-pyrrole nitrogens is 1. The first-order valence-corrected chi connectivity index (χ1v) is 8.14. The van der Waals surface area contributed by atoms with Crippen molar-refractivity contribution in [2.45, 2.75) is 12.8 Å². The highest BCUT2D eigenvalue weighted by Gasteiger charge is 2.08. The summed E-state index contributed by atoms with van der Waals surface area (Å²) in [4.78, 5) is 30.7. The maximum Gasteiger partial charge on any atom is 0.306 e. The molecule has 2 aromatic carbocycles. The van der Waals surface area contributed by atoms with Gasteiger partial charge in [0, 0.05) is 6.42 Å². The highest BCUT2D eigenvalue weighted by Crippen LogP contribution is 2.15. The van der Waals surface area contributed by atoms with Crippen molar-refractivity contribution in [3.05, 3.63) is 70.5 Å². The molecule has 0 atom stereocenters. The molecule has 0 saturated carbocycles. The van der Waals surface area contributed by atoms with Crippen LogP contribution in [0.2, 0.25) is 0 Å². The van der Waals surface area contributed by atoms with Gasteiger partial charge in [-0.1, -0.05) is 24.3 Å². The third kappa shape index (κ3) is 4.44. The zero-order valence-corrected chi connectivity index (χ0v) is 13.9. The fourth-order valence-electron chi connectivity index (χ4n) is 2.41. The molecule has 0 unspecified atom stereocenters. The minimum Gasteiger partial charge on any atom is -0.487 e. The van der Waals surface area contributed by atoms with E-state index in [1.165, 1.54) is 12.1 Å². The molecule has 7 heteroatoms. The van der Waals surface area contributed by atoms with E-state index in [0.717, 1.165) is 0 Å². The van der Waals surface area contributed by atoms with Crippen molar-refractivity contribution in [2.75, 3.05) is 13.2 Å². The van der Waals surface area contributed by atoms with Crippen LogP contribution >= 0.6 is 0 Å². The number of ether oxygens (including phenoxy) is 2. The van der Waals surface area contributed by atoms with Crippen LogP contribution < -0.4 is 10.3 Å². The van der Waals surface area contributed by atoms with Crippen LogP contribution in [0.3, 0.4) is 0 Å². The average Bonchev–Trinajstić information content (AvgIpc) is 2.65. The third-order valence-electron chi connectivity index (χ3n) is 3.67. The number of rotatable bonds is 7. The highest BCUT2D eigenvalue weighted by molar-refractivity contribution is 5.77. The van der Waals surface area contributed by atoms with Gasteiger partial charge in [0.2, 0.25) is 0 Å². The first-order valence-electron chi connectivity index (χ1n) is 8.14. The molecule has 3 rings (SSSR count). The molecule has 6 nitrogen and oxygen atoms in total. The van der Waals surface area contributed by atoms with Gasteiger partial charge in [-0.05, 0) is 24.3 Å². The number of aromatic nitrogens is 2. The molecule has 134 valence electrons. The van der Waals surface area contributed by atoms with Gasteiger partial charge in [-0.15, -0.1) is 0 Å². The molecule has 1 aromatic heterocycles. The molecule has 0 bridgehead atoms. The molecule has 0 amide bonds. The van der Waals surface area contributed by atoms with E-state index in [4.69, 9.17) is 9.47 Å². The smallest absolute Gasteiger partial charge is 0.306 e. The molecule has 0 spiro atoms. The van der Waals surface area contributed by atoms with E-state index in [2.05, 4.69) is 9.97 Å². The van der Waals surface area contributed by atoms with E-state index >= 15 is 0 Å². The molecule has 0 aliphatic carbocycles. The van der Waals surface area contributed by atoms with Crippen molar-refractivity contribution in [2.24, 2.45) is 0 Å². The number of fused-ring (bicyclic) bond motifs is 1. The molecular formula is C19H17FN2O4. The van der Waals surface area contributed by atoms with Gasteiger partial charge in [0.25, 0.3) is 5.56 Å². The second-order valence-electron chi connectivity index (χ2n) is 5.53. The number of nitrogens with one attached hydrogen (secondary N) is 1. The van der Waals surface area contributed by atoms with Crippen LogP contribution in [0.5, 0.6) is 5.75 Å². The number of hydrogen-bond donors (Lipinski definition) is 1. The van der Waals surface area contributed by atoms with E-state index < -0.39 is 11.8 Å². The second kappa shape index (κ2) is 8.24. The number of benzene rings is 2. The lowest BCUT2D eigenvalue weighted by atomic mass is 10.2. The van der Waals surface area contributed by atoms with Crippen molar-refractivity contribution in [3.63, 3.8) is 0 Å². The Labute approximate surface area is 148 Å². The topological polar surface area (TPSA) is 81.3 Å². The lowest BCUT2D eigenvalue weighted by Gasteiger charge is -2.08. The Morgan fingerprint density at radius 3 is 2.69 bits per heavy atom. The summed E-state index contributed by atoms with van der Waals surface area (Å²) in [5.74, 6) is -0.377. The lowest BCUT2D eigenvalue weighted by Crippen LogP contribution is -2.15. The first-order chi connectivity index (χ1) is 12.6. The summed E-state index contributed by atoms with van der Waals surface area (Å²) in [5, 5.41) is 0.504. The van der Waals surface area contributed by atoms with E-state index in [1.54, 1.807) is 36.4 Å². The Morgan fingerprint density at radius 2 is 1.85 bits per heavy atom. The van der Waals surface area contributed by atoms with Crippen LogP contribution in [0.4, 0.5) is 4.39 Å². The quantitative estimate of drug-likeness (QED) is 0.520. The lowest BCUT2D eigenvalue weighted by molar-refractivity contribution is -0.144. The average molecular weight is 356 g/mol. The van der Waals surface area contributed by atoms with Crippen LogP contribution in [0, 0.1) is 5.82 Å². The SMILES string of the molecule is O=C(CCc1nc2ccccc2c(=O)[nH]1)OCCOc1ccccc1F. The molecular weight excluding hydrogens is 339 g/mol. The highest BCUT2D eigenvalue weighted by atomic mass is 19.1. The molecule has 0 aliphatic heterocycles. The molecule has 0 aliphatic rings. The Morgan fingerprint density at radius 1 is 1.08 bits per heavy atom. The molecule has 26 heavy (non-hydrogen) atoms. The fraction of sp³-hybridized carbons (Fsp3) is 0.211. The maximum atomic E-state index is 13.4. The fourth-order valence-corrected chi connectivity index (χ4v) is 2.41. The van der Waals surface area contributed by atoms with E-state index in [1.807, 2.05) is 0 Å². The van der Waals surface area contributed by atoms with Gasteiger partial charge >= 0.3 is 5.97 Å². The Balaban J connectivity index is 1.46. The Kier molecular flexibility index (Phi) is 5.58. The third-order valence-corrected chi connectivity index (χ3v) is 3.67. The van der Waals surface area contributed by atoms with E-state index in [9.17, 15) is 14.0 Å². The molecule has 0 fully saturated rings. The zero-order valence-electron chi connectivity index (χ0n) is 13.9. The number of aryl methyl sites for hydroxylation is 1. The van der Waals surface area contributed by atoms with Crippen molar-refractivity contribution in [1.29, 1.82) is 0 Å². The molecule has 0 radical (unpaired) electrons. The number of nitrogens with zero attached hydrogens (tertiary/aromatic N) is 1. The summed E-state index contributed by atoms with van der Waals surface area (Å²) in [6.45, 7) is 0.0621. The van der Waals surface area contributed by atoms with Gasteiger partial charge in [0.15, 0.2) is 11.6 Å². The van der Waals surface area contributed by atoms with E-state index in [-0.39, 0.29) is 37.4 Å². The number of aromatic amines is 1. The van der Waals surface area contributed by atoms with Crippen LogP contribution in [-0.4, -0.2) is 29.2 Å². The van der Waals surface area contributed by atoms with Gasteiger partial charge in [-0.2, -0.15) is 0 Å². The van der Waals surface area contributed by atoms with Crippen LogP contribution in [0.15, 0.2) is 53.3 Å². The van der Waals surface area contributed by atoms with Gasteiger partial charge in [-0.3, -0.25) is 9.59 Å². The van der Waals surface area contributed by atoms with Gasteiger partial charge < -0.3 is 14.5 Å². The Bertz CT molecular complexity index is 971. The van der Waals surface area contributed by atoms with Gasteiger partial charge in [0.1, 0.15) is 19.0 Å². The second-order valence-corrected chi connectivity index (χ2v) is 5.53. The van der Waals surface area contributed by atoms with E-state index in [0.29, 0.717) is 16.7 Å². The summed E-state index contributed by atoms with van der Waals surface area (Å²) in [6.07, 6.45) is 0.327. The number of halogens is 1. The number of carbonyl (C=O) groups is 1. The van der Waals surface area contributed by atoms with Gasteiger partial charge in [0.05, 0.1) is 17.3 Å². The summed E-state index contributed by atoms with van der Waals surface area (Å²) in [7, 11) is 0. The van der Waals surface area contributed by atoms with Crippen molar-refractivity contribution in [3.8, 4) is 5.75 Å². The van der Waals surface area contributed by atoms with Crippen molar-refractivity contribution < 1.29 is 18.7 Å². The summed E-state index contributed by atoms with van der Waals surface area (Å²) in [5.41, 5.74) is 0.343. The van der Waals surface area contributed by atoms with Gasteiger partial charge in [-0.25, -0.2) is 9.37 Å². The zero-order chi connectivity index (χ0) is 18.4.